The lowest BCUT2D eigenvalue weighted by Crippen LogP contribution is -2.69. The van der Waals surface area contributed by atoms with E-state index in [1.807, 2.05) is 42.8 Å². The summed E-state index contributed by atoms with van der Waals surface area (Å²) in [6, 6.07) is 12.1. The third-order valence-electron chi connectivity index (χ3n) is 11.3. The van der Waals surface area contributed by atoms with Crippen LogP contribution in [0.15, 0.2) is 82.5 Å². The van der Waals surface area contributed by atoms with E-state index in [1.54, 1.807) is 24.4 Å². The number of aliphatic hydroxyl groups excluding tert-OH is 3. The van der Waals surface area contributed by atoms with Gasteiger partial charge in [0.25, 0.3) is 5.91 Å². The number of aliphatic hydroxyl groups is 4. The molecular formula is C42H43N2O11+. The molecule has 1 amide bonds. The average Bonchev–Trinajstić information content (AvgIpc) is 3.95. The second-order valence-electron chi connectivity index (χ2n) is 14.7. The van der Waals surface area contributed by atoms with Crippen LogP contribution in [0, 0.1) is 6.42 Å². The SMILES string of the molecule is COc1cc(O[C@@H]2O[C@H](COCC3=C4[CH+]C=CC=C4N=C3)[C@@H](O)[C@H](O)[C@]2(O)CO)c2c(O)c(C(=O)CN3Cc4ccccc4C3=O)c(C3CCCC3)cc2c1. The number of ether oxygens (including phenoxy) is 4. The van der Waals surface area contributed by atoms with Crippen LogP contribution in [-0.4, -0.2) is 112 Å². The van der Waals surface area contributed by atoms with Crippen molar-refractivity contribution in [2.24, 2.45) is 4.99 Å². The zero-order chi connectivity index (χ0) is 38.4. The third-order valence-corrected chi connectivity index (χ3v) is 11.3. The van der Waals surface area contributed by atoms with Crippen LogP contribution in [-0.2, 0) is 16.0 Å². The Kier molecular flexibility index (Phi) is 10.0. The monoisotopic (exact) mass is 751 g/mol. The number of hydrogen-bond acceptors (Lipinski definition) is 12. The van der Waals surface area contributed by atoms with E-state index in [4.69, 9.17) is 18.9 Å². The predicted octanol–water partition coefficient (Wildman–Crippen LogP) is 3.65. The number of ketones is 1. The number of methoxy groups -OCH3 is 1. The first-order chi connectivity index (χ1) is 26.6. The molecule has 0 unspecified atom stereocenters. The zero-order valence-corrected chi connectivity index (χ0v) is 30.3. The van der Waals surface area contributed by atoms with E-state index in [1.165, 1.54) is 18.1 Å². The van der Waals surface area contributed by atoms with Gasteiger partial charge in [0, 0.05) is 42.8 Å². The normalized spacial score (nSPS) is 26.0. The number of amides is 1. The maximum Gasteiger partial charge on any atom is 0.254 e. The number of carbonyl (C=O) groups excluding carboxylic acids is 2. The molecule has 3 heterocycles. The molecule has 13 heteroatoms. The minimum Gasteiger partial charge on any atom is -0.506 e. The Hall–Kier alpha value is -5.02. The van der Waals surface area contributed by atoms with Crippen LogP contribution in [0.3, 0.4) is 0 Å². The molecule has 3 aromatic carbocycles. The Morgan fingerprint density at radius 2 is 1.95 bits per heavy atom. The Morgan fingerprint density at radius 1 is 1.15 bits per heavy atom. The van der Waals surface area contributed by atoms with Gasteiger partial charge >= 0.3 is 0 Å². The van der Waals surface area contributed by atoms with Crippen molar-refractivity contribution in [2.45, 2.75) is 68.3 Å². The molecule has 1 saturated heterocycles. The average molecular weight is 752 g/mol. The first-order valence-corrected chi connectivity index (χ1v) is 18.5. The van der Waals surface area contributed by atoms with Crippen LogP contribution in [0.1, 0.15) is 63.4 Å². The van der Waals surface area contributed by atoms with Gasteiger partial charge in [0.1, 0.15) is 47.7 Å². The van der Waals surface area contributed by atoms with Gasteiger partial charge in [-0.1, -0.05) is 31.0 Å². The van der Waals surface area contributed by atoms with Crippen molar-refractivity contribution < 1.29 is 54.1 Å². The molecular weight excluding hydrogens is 708 g/mol. The van der Waals surface area contributed by atoms with Gasteiger partial charge in [-0.15, -0.1) is 0 Å². The third kappa shape index (κ3) is 6.60. The van der Waals surface area contributed by atoms with Crippen molar-refractivity contribution in [3.63, 3.8) is 0 Å². The van der Waals surface area contributed by atoms with Crippen molar-refractivity contribution in [2.75, 3.05) is 33.5 Å². The van der Waals surface area contributed by atoms with Crippen LogP contribution in [0.25, 0.3) is 10.8 Å². The van der Waals surface area contributed by atoms with Gasteiger partial charge < -0.3 is 49.4 Å². The van der Waals surface area contributed by atoms with Crippen LogP contribution < -0.4 is 9.47 Å². The lowest BCUT2D eigenvalue weighted by molar-refractivity contribution is -0.328. The van der Waals surface area contributed by atoms with E-state index in [9.17, 15) is 35.1 Å². The van der Waals surface area contributed by atoms with Crippen molar-refractivity contribution in [1.82, 2.24) is 4.90 Å². The number of benzene rings is 3. The van der Waals surface area contributed by atoms with Gasteiger partial charge in [-0.05, 0) is 53.5 Å². The Balaban J connectivity index is 1.12. The molecule has 5 N–H and O–H groups in total. The smallest absolute Gasteiger partial charge is 0.254 e. The summed E-state index contributed by atoms with van der Waals surface area (Å²) >= 11 is 0. The molecule has 2 aliphatic carbocycles. The second kappa shape index (κ2) is 14.9. The van der Waals surface area contributed by atoms with Gasteiger partial charge in [0.05, 0.1) is 49.6 Å². The summed E-state index contributed by atoms with van der Waals surface area (Å²) in [7, 11) is 1.45. The lowest BCUT2D eigenvalue weighted by atomic mass is 9.86. The van der Waals surface area contributed by atoms with Gasteiger partial charge in [-0.2, -0.15) is 4.99 Å². The summed E-state index contributed by atoms with van der Waals surface area (Å²) < 4.78 is 23.8. The predicted molar refractivity (Wildman–Crippen MR) is 200 cm³/mol. The van der Waals surface area contributed by atoms with Gasteiger partial charge in [0.15, 0.2) is 17.1 Å². The molecule has 3 aromatic rings. The fraction of sp³-hybridized carbons (Fsp3) is 0.381. The molecule has 55 heavy (non-hydrogen) atoms. The van der Waals surface area contributed by atoms with Gasteiger partial charge in [-0.25, -0.2) is 0 Å². The molecule has 2 fully saturated rings. The van der Waals surface area contributed by atoms with E-state index in [-0.39, 0.29) is 60.6 Å². The summed E-state index contributed by atoms with van der Waals surface area (Å²) in [4.78, 5) is 33.4. The minimum atomic E-state index is -2.53. The van der Waals surface area contributed by atoms with E-state index < -0.39 is 42.6 Å². The minimum absolute atomic E-state index is 0.0167. The molecule has 13 nitrogen and oxygen atoms in total. The van der Waals surface area contributed by atoms with E-state index in [2.05, 4.69) is 4.99 Å². The van der Waals surface area contributed by atoms with Gasteiger partial charge in [-0.3, -0.25) is 9.59 Å². The lowest BCUT2D eigenvalue weighted by Gasteiger charge is -2.47. The molecule has 1 saturated carbocycles. The molecule has 0 bridgehead atoms. The molecule has 0 radical (unpaired) electrons. The molecule has 5 aliphatic rings. The highest BCUT2D eigenvalue weighted by Gasteiger charge is 2.56. The van der Waals surface area contributed by atoms with Crippen molar-refractivity contribution >= 4 is 28.7 Å². The fourth-order valence-corrected chi connectivity index (χ4v) is 8.26. The van der Waals surface area contributed by atoms with E-state index in [0.29, 0.717) is 22.3 Å². The molecule has 5 atom stereocenters. The number of hydrogen-bond donors (Lipinski definition) is 5. The van der Waals surface area contributed by atoms with Crippen LogP contribution >= 0.6 is 0 Å². The van der Waals surface area contributed by atoms with Gasteiger partial charge in [0.2, 0.25) is 6.29 Å². The van der Waals surface area contributed by atoms with Crippen LogP contribution in [0.2, 0.25) is 0 Å². The number of aliphatic imine (C=N–C) groups is 1. The maximum atomic E-state index is 14.3. The number of allylic oxidation sites excluding steroid dienone is 4. The first-order valence-electron chi connectivity index (χ1n) is 18.5. The van der Waals surface area contributed by atoms with Crippen LogP contribution in [0.5, 0.6) is 17.2 Å². The Bertz CT molecular complexity index is 2150. The largest absolute Gasteiger partial charge is 0.506 e. The molecule has 8 rings (SSSR count). The molecule has 0 spiro atoms. The van der Waals surface area contributed by atoms with Crippen molar-refractivity contribution in [1.29, 1.82) is 0 Å². The number of nitrogens with zero attached hydrogens (tertiary/aromatic N) is 2. The Labute approximate surface area is 317 Å². The van der Waals surface area contributed by atoms with Crippen molar-refractivity contribution in [3.05, 3.63) is 106 Å². The zero-order valence-electron chi connectivity index (χ0n) is 30.3. The van der Waals surface area contributed by atoms with Crippen molar-refractivity contribution in [3.8, 4) is 17.2 Å². The summed E-state index contributed by atoms with van der Waals surface area (Å²) in [5.74, 6) is -0.885. The highest BCUT2D eigenvalue weighted by molar-refractivity contribution is 6.11. The maximum absolute atomic E-state index is 14.3. The second-order valence-corrected chi connectivity index (χ2v) is 14.7. The van der Waals surface area contributed by atoms with E-state index >= 15 is 0 Å². The number of carbonyl (C=O) groups is 2. The summed E-state index contributed by atoms with van der Waals surface area (Å²) in [6.45, 7) is -1.19. The fourth-order valence-electron chi connectivity index (χ4n) is 8.26. The highest BCUT2D eigenvalue weighted by atomic mass is 16.7. The van der Waals surface area contributed by atoms with Crippen LogP contribution in [0.4, 0.5) is 0 Å². The number of phenolic OH excluding ortho intramolecular Hbond substituents is 1. The number of Topliss-reactive ketones (excluding diaryl/α,β-unsaturated/α-hetero) is 1. The highest BCUT2D eigenvalue weighted by Crippen LogP contribution is 2.47. The number of phenols is 1. The quantitative estimate of drug-likeness (QED) is 0.134. The summed E-state index contributed by atoms with van der Waals surface area (Å²) in [5.41, 5.74) is 2.05. The summed E-state index contributed by atoms with van der Waals surface area (Å²) in [5, 5.41) is 56.8. The molecule has 0 aromatic heterocycles. The number of aromatic hydroxyl groups is 1. The summed E-state index contributed by atoms with van der Waals surface area (Å²) in [6.07, 6.45) is 6.15. The molecule has 286 valence electrons. The standard InChI is InChI=1S/C42H42N2O11/c1-52-27-14-25-15-30(23-8-2-3-9-23)36(32(46)19-44-18-24-10-4-5-12-29(24)40(44)50)38(48)35(25)33(16-27)54-41-42(51,22-45)39(49)37(47)34(55-41)21-53-20-26-17-43-31-13-7-6-11-28(26)31/h4-7,10-17,23,34,37,39,41,45,47,49,51H,2-3,8-9,18-22H2,1H3/p+1/t34-,37-,39+,41-,42-/m1/s1. The molecule has 3 aliphatic heterocycles. The first kappa shape index (κ1) is 36.9. The number of fused-ring (bicyclic) bond motifs is 3. The van der Waals surface area contributed by atoms with E-state index in [0.717, 1.165) is 48.1 Å². The topological polar surface area (TPSA) is 188 Å². The Morgan fingerprint density at radius 3 is 2.71 bits per heavy atom. The number of rotatable bonds is 12.